The quantitative estimate of drug-likeness (QED) is 0.162. The van der Waals surface area contributed by atoms with Crippen LogP contribution in [0.1, 0.15) is 115 Å². The van der Waals surface area contributed by atoms with Crippen LogP contribution >= 0.6 is 34.9 Å². The molecule has 0 saturated heterocycles. The first-order chi connectivity index (χ1) is 38.1. The predicted octanol–water partition coefficient (Wildman–Crippen LogP) is 19.1. The molecule has 0 unspecified atom stereocenters. The van der Waals surface area contributed by atoms with E-state index in [1.807, 2.05) is 23.5 Å². The molecule has 8 aliphatic carbocycles. The molecule has 6 heteroatoms. The van der Waals surface area contributed by atoms with Crippen LogP contribution < -0.4 is 15.8 Å². The van der Waals surface area contributed by atoms with Gasteiger partial charge in [-0.1, -0.05) is 117 Å². The Morgan fingerprint density at radius 2 is 1.10 bits per heavy atom. The Bertz CT molecular complexity index is 4230. The molecule has 2 nitrogen and oxygen atoms in total. The summed E-state index contributed by atoms with van der Waals surface area (Å²) in [5.41, 5.74) is 20.4. The first-order valence-corrected chi connectivity index (χ1v) is 32.3. The second-order valence-electron chi connectivity index (χ2n) is 27.7. The predicted molar refractivity (Wildman–Crippen MR) is 331 cm³/mol. The van der Waals surface area contributed by atoms with Gasteiger partial charge in [-0.2, -0.15) is 0 Å². The van der Waals surface area contributed by atoms with Crippen LogP contribution in [0, 0.1) is 35.5 Å². The Morgan fingerprint density at radius 3 is 1.78 bits per heavy atom. The smallest absolute Gasteiger partial charge is 0.333 e. The lowest BCUT2D eigenvalue weighted by molar-refractivity contribution is -0.00527. The maximum Gasteiger partial charge on any atom is 0.333 e. The van der Waals surface area contributed by atoms with Crippen LogP contribution in [0.5, 0.6) is 0 Å². The lowest BCUT2D eigenvalue weighted by Crippen LogP contribution is -2.57. The van der Waals surface area contributed by atoms with Crippen LogP contribution in [-0.2, 0) is 16.2 Å². The number of benzene rings is 8. The molecular weight excluding hydrogens is 1000 g/mol. The van der Waals surface area contributed by atoms with Gasteiger partial charge in [-0.3, -0.25) is 0 Å². The standard InChI is InChI=1S/C72H63BN2S3/c1-70(2,3)47-17-19-57(51(27-47)46-11-5-4-6-12-46)74-59-33-65-64(76-62-15-9-10-16-63(62)77-65)32-56(59)73-67-60(74)31-54-50-13-7-8-14-61(50)78-69(54)66(67)55-30-49(72-37-43-24-44(38-72)26-45(25-43)39-72)29-53-52-28-48(18-20-58(52)75(73)68(53)55)71-34-40-21-41(35-71)23-42(22-40)36-71/h4-20,27-33,40-45H,21-26,34-39H2,1-3H3. The lowest BCUT2D eigenvalue weighted by atomic mass is 9.44. The highest BCUT2D eigenvalue weighted by Crippen LogP contribution is 2.64. The van der Waals surface area contributed by atoms with E-state index in [2.05, 4.69) is 187 Å². The summed E-state index contributed by atoms with van der Waals surface area (Å²) in [5, 5.41) is 5.80. The zero-order valence-corrected chi connectivity index (χ0v) is 47.5. The number of hydrogen-bond acceptors (Lipinski definition) is 4. The average Bonchev–Trinajstić information content (AvgIpc) is 3.84. The van der Waals surface area contributed by atoms with Gasteiger partial charge < -0.3 is 9.38 Å². The van der Waals surface area contributed by atoms with Crippen LogP contribution in [0.4, 0.5) is 17.1 Å². The van der Waals surface area contributed by atoms with Crippen LogP contribution in [0.25, 0.3) is 64.2 Å². The van der Waals surface area contributed by atoms with E-state index in [1.54, 1.807) is 11.1 Å². The van der Waals surface area contributed by atoms with Crippen LogP contribution in [0.3, 0.4) is 0 Å². The van der Waals surface area contributed by atoms with E-state index >= 15 is 0 Å². The summed E-state index contributed by atoms with van der Waals surface area (Å²) in [4.78, 5) is 8.19. The highest BCUT2D eigenvalue weighted by Gasteiger charge is 2.54. The summed E-state index contributed by atoms with van der Waals surface area (Å²) in [6, 6.07) is 58.9. The number of nitrogens with zero attached hydrogens (tertiary/aromatic N) is 2. The molecule has 21 rings (SSSR count). The summed E-state index contributed by atoms with van der Waals surface area (Å²) in [6.45, 7) is 7.07. The molecule has 78 heavy (non-hydrogen) atoms. The Kier molecular flexibility index (Phi) is 9.03. The molecule has 0 spiro atoms. The molecule has 0 amide bonds. The molecule has 11 aliphatic rings. The second-order valence-corrected chi connectivity index (χ2v) is 30.9. The van der Waals surface area contributed by atoms with Crippen molar-refractivity contribution in [2.75, 3.05) is 4.90 Å². The van der Waals surface area contributed by atoms with Gasteiger partial charge in [0.25, 0.3) is 0 Å². The van der Waals surface area contributed by atoms with Gasteiger partial charge >= 0.3 is 6.85 Å². The number of anilines is 3. The normalized spacial score (nSPS) is 27.5. The molecular formula is C72H63BN2S3. The average molecular weight is 1060 g/mol. The zero-order valence-electron chi connectivity index (χ0n) is 45.0. The first kappa shape index (κ1) is 45.1. The topological polar surface area (TPSA) is 8.17 Å². The maximum absolute atomic E-state index is 2.93. The van der Waals surface area contributed by atoms with Crippen molar-refractivity contribution in [2.45, 2.75) is 134 Å². The van der Waals surface area contributed by atoms with Gasteiger partial charge in [0.05, 0.1) is 5.69 Å². The monoisotopic (exact) mass is 1060 g/mol. The summed E-state index contributed by atoms with van der Waals surface area (Å²) < 4.78 is 5.77. The van der Waals surface area contributed by atoms with Gasteiger partial charge in [-0.25, -0.2) is 0 Å². The lowest BCUT2D eigenvalue weighted by Gasteiger charge is -2.57. The molecule has 0 radical (unpaired) electrons. The Balaban J connectivity index is 0.958. The van der Waals surface area contributed by atoms with Crippen molar-refractivity contribution in [1.29, 1.82) is 0 Å². The van der Waals surface area contributed by atoms with Gasteiger partial charge in [0.2, 0.25) is 0 Å². The molecule has 8 bridgehead atoms. The molecule has 3 aliphatic heterocycles. The fourth-order valence-electron chi connectivity index (χ4n) is 19.6. The van der Waals surface area contributed by atoms with E-state index in [0.717, 1.165) is 35.5 Å². The van der Waals surface area contributed by atoms with E-state index in [0.29, 0.717) is 5.41 Å². The molecule has 2 aromatic heterocycles. The van der Waals surface area contributed by atoms with Crippen molar-refractivity contribution in [1.82, 2.24) is 4.48 Å². The van der Waals surface area contributed by atoms with Crippen molar-refractivity contribution in [3.63, 3.8) is 0 Å². The molecule has 8 aromatic carbocycles. The van der Waals surface area contributed by atoms with E-state index < -0.39 is 0 Å². The van der Waals surface area contributed by atoms with Crippen molar-refractivity contribution in [3.05, 3.63) is 162 Å². The molecule has 0 atom stereocenters. The van der Waals surface area contributed by atoms with Gasteiger partial charge in [0, 0.05) is 89.6 Å². The molecule has 10 aromatic rings. The third-order valence-corrected chi connectivity index (χ3v) is 25.8. The first-order valence-electron chi connectivity index (χ1n) is 29.8. The van der Waals surface area contributed by atoms with E-state index in [9.17, 15) is 0 Å². The Hall–Kier alpha value is -5.66. The minimum Gasteiger partial charge on any atom is -0.375 e. The van der Waals surface area contributed by atoms with Crippen LogP contribution in [0.2, 0.25) is 0 Å². The molecule has 8 fully saturated rings. The van der Waals surface area contributed by atoms with E-state index in [-0.39, 0.29) is 17.7 Å². The third kappa shape index (κ3) is 6.16. The molecule has 382 valence electrons. The van der Waals surface area contributed by atoms with Gasteiger partial charge in [0.1, 0.15) is 0 Å². The highest BCUT2D eigenvalue weighted by atomic mass is 32.2. The number of thiophene rings is 1. The van der Waals surface area contributed by atoms with E-state index in [4.69, 9.17) is 0 Å². The van der Waals surface area contributed by atoms with Crippen LogP contribution in [0.15, 0.2) is 165 Å². The fraction of sp³-hybridized carbons (Fsp3) is 0.333. The Labute approximate surface area is 471 Å². The second kappa shape index (κ2) is 15.6. The zero-order chi connectivity index (χ0) is 51.1. The third-order valence-electron chi connectivity index (χ3n) is 22.0. The van der Waals surface area contributed by atoms with Gasteiger partial charge in [0.15, 0.2) is 0 Å². The van der Waals surface area contributed by atoms with Crippen LogP contribution in [-0.4, -0.2) is 11.3 Å². The SMILES string of the molecule is CC(C)(C)c1ccc(N2c3cc4c(cc3B3c5c2cc2c(sc6ccccc62)c5-c2cc(C56CC7CC(CC(C7)C5)C6)cc5c6cc(C78CC9CC(CC(C9)C7)C8)ccc6n3c25)Sc2ccccc2S4)c(-c2ccccc2)c1. The number of fused-ring (bicyclic) bond motifs is 13. The minimum atomic E-state index is -0.0266. The fourth-order valence-corrected chi connectivity index (χ4v) is 23.2. The van der Waals surface area contributed by atoms with Crippen molar-refractivity contribution in [2.24, 2.45) is 35.5 Å². The minimum absolute atomic E-state index is 0.0184. The molecule has 0 N–H and O–H groups in total. The van der Waals surface area contributed by atoms with Crippen molar-refractivity contribution in [3.8, 4) is 22.3 Å². The largest absolute Gasteiger partial charge is 0.375 e. The molecule has 8 saturated carbocycles. The van der Waals surface area contributed by atoms with Gasteiger partial charge in [-0.15, -0.1) is 11.3 Å². The highest BCUT2D eigenvalue weighted by molar-refractivity contribution is 8.05. The summed E-state index contributed by atoms with van der Waals surface area (Å²) in [7, 11) is 0. The summed E-state index contributed by atoms with van der Waals surface area (Å²) >= 11 is 5.98. The number of hydrogen-bond donors (Lipinski definition) is 0. The number of rotatable bonds is 4. The summed E-state index contributed by atoms with van der Waals surface area (Å²) in [5.74, 6) is 5.34. The van der Waals surface area contributed by atoms with E-state index in [1.165, 1.54) is 194 Å². The van der Waals surface area contributed by atoms with Gasteiger partial charge in [-0.05, 0) is 235 Å². The summed E-state index contributed by atoms with van der Waals surface area (Å²) in [6.07, 6.45) is 17.1. The Morgan fingerprint density at radius 1 is 0.487 bits per heavy atom. The van der Waals surface area contributed by atoms with Crippen molar-refractivity contribution < 1.29 is 0 Å². The number of aromatic nitrogens is 1. The van der Waals surface area contributed by atoms with Crippen molar-refractivity contribution >= 4 is 112 Å². The maximum atomic E-state index is 2.93. The molecule has 5 heterocycles.